The van der Waals surface area contributed by atoms with Crippen LogP contribution in [0.1, 0.15) is 40.0 Å². The van der Waals surface area contributed by atoms with Gasteiger partial charge < -0.3 is 14.5 Å². The quantitative estimate of drug-likeness (QED) is 0.271. The molecule has 0 saturated carbocycles. The number of ether oxygens (including phenoxy) is 1. The second-order valence-corrected chi connectivity index (χ2v) is 11.1. The molecule has 38 heavy (non-hydrogen) atoms. The molecule has 1 unspecified atom stereocenters. The van der Waals surface area contributed by atoms with Gasteiger partial charge in [0.2, 0.25) is 11.8 Å². The smallest absolute Gasteiger partial charge is 0.223 e. The monoisotopic (exact) mass is 535 g/mol. The molecule has 3 aromatic rings. The van der Waals surface area contributed by atoms with E-state index in [-0.39, 0.29) is 17.9 Å². The normalized spacial score (nSPS) is 15.7. The number of para-hydroxylation sites is 1. The molecule has 2 aromatic carbocycles. The van der Waals surface area contributed by atoms with Crippen molar-refractivity contribution in [2.75, 3.05) is 32.5 Å². The van der Waals surface area contributed by atoms with Gasteiger partial charge in [-0.3, -0.25) is 14.2 Å². The second-order valence-electron chi connectivity index (χ2n) is 10.0. The van der Waals surface area contributed by atoms with Crippen LogP contribution in [0.5, 0.6) is 5.75 Å². The first-order chi connectivity index (χ1) is 18.4. The molecule has 8 nitrogen and oxygen atoms in total. The molecule has 9 heteroatoms. The summed E-state index contributed by atoms with van der Waals surface area (Å²) in [6.45, 7) is 7.96. The van der Waals surface area contributed by atoms with Gasteiger partial charge in [0.1, 0.15) is 5.75 Å². The third kappa shape index (κ3) is 6.75. The summed E-state index contributed by atoms with van der Waals surface area (Å²) in [5.41, 5.74) is 1.90. The number of amides is 2. The first kappa shape index (κ1) is 27.7. The lowest BCUT2D eigenvalue weighted by molar-refractivity contribution is -0.143. The van der Waals surface area contributed by atoms with E-state index in [1.807, 2.05) is 71.3 Å². The number of nitrogens with zero attached hydrogens (tertiary/aromatic N) is 5. The fourth-order valence-corrected chi connectivity index (χ4v) is 5.58. The van der Waals surface area contributed by atoms with Crippen LogP contribution in [0.25, 0.3) is 17.1 Å². The highest BCUT2D eigenvalue weighted by molar-refractivity contribution is 7.99. The topological polar surface area (TPSA) is 80.6 Å². The van der Waals surface area contributed by atoms with E-state index in [4.69, 9.17) is 4.74 Å². The molecule has 1 aromatic heterocycles. The molecule has 1 saturated heterocycles. The lowest BCUT2D eigenvalue weighted by atomic mass is 10.1. The number of rotatable bonds is 10. The summed E-state index contributed by atoms with van der Waals surface area (Å²) in [5.74, 6) is 2.93. The van der Waals surface area contributed by atoms with Crippen molar-refractivity contribution in [3.8, 4) is 22.8 Å². The molecule has 0 spiro atoms. The molecular formula is C29H37N5O3S. The van der Waals surface area contributed by atoms with E-state index in [9.17, 15) is 9.59 Å². The van der Waals surface area contributed by atoms with Gasteiger partial charge in [0, 0.05) is 55.5 Å². The van der Waals surface area contributed by atoms with Gasteiger partial charge in [-0.25, -0.2) is 0 Å². The summed E-state index contributed by atoms with van der Waals surface area (Å²) < 4.78 is 7.45. The average Bonchev–Trinajstić information content (AvgIpc) is 3.35. The number of carbonyl (C=O) groups is 2. The Balaban J connectivity index is 1.36. The Hall–Kier alpha value is -3.33. The van der Waals surface area contributed by atoms with Crippen LogP contribution in [0, 0.1) is 5.92 Å². The van der Waals surface area contributed by atoms with Gasteiger partial charge in [0.25, 0.3) is 0 Å². The first-order valence-electron chi connectivity index (χ1n) is 13.2. The molecule has 0 aliphatic carbocycles. The first-order valence-corrected chi connectivity index (χ1v) is 14.2. The minimum Gasteiger partial charge on any atom is -0.497 e. The van der Waals surface area contributed by atoms with Gasteiger partial charge in [0.15, 0.2) is 11.0 Å². The van der Waals surface area contributed by atoms with Gasteiger partial charge in [0.05, 0.1) is 7.11 Å². The molecule has 1 atom stereocenters. The SMILES string of the molecule is COc1cccc(-c2nnc(SCCCC(=O)N3CCN(C(=O)CC(C)C)C(C)C3)n2-c2ccccc2)c1. The largest absolute Gasteiger partial charge is 0.497 e. The van der Waals surface area contributed by atoms with Crippen molar-refractivity contribution in [1.82, 2.24) is 24.6 Å². The van der Waals surface area contributed by atoms with Crippen LogP contribution in [0.3, 0.4) is 0 Å². The van der Waals surface area contributed by atoms with Gasteiger partial charge in [-0.1, -0.05) is 55.9 Å². The molecule has 1 aliphatic rings. The second kappa shape index (κ2) is 13.0. The number of carbonyl (C=O) groups excluding carboxylic acids is 2. The molecule has 0 bridgehead atoms. The van der Waals surface area contributed by atoms with Gasteiger partial charge in [-0.05, 0) is 43.5 Å². The van der Waals surface area contributed by atoms with E-state index < -0.39 is 0 Å². The van der Waals surface area contributed by atoms with E-state index in [0.29, 0.717) is 38.4 Å². The maximum Gasteiger partial charge on any atom is 0.223 e. The minimum absolute atomic E-state index is 0.0489. The van der Waals surface area contributed by atoms with Crippen molar-refractivity contribution < 1.29 is 14.3 Å². The minimum atomic E-state index is 0.0489. The molecule has 202 valence electrons. The summed E-state index contributed by atoms with van der Waals surface area (Å²) in [6, 6.07) is 17.9. The van der Waals surface area contributed by atoms with Gasteiger partial charge in [-0.15, -0.1) is 10.2 Å². The maximum absolute atomic E-state index is 12.9. The number of hydrogen-bond acceptors (Lipinski definition) is 6. The Labute approximate surface area is 229 Å². The van der Waals surface area contributed by atoms with E-state index in [0.717, 1.165) is 40.2 Å². The number of hydrogen-bond donors (Lipinski definition) is 0. The Morgan fingerprint density at radius 2 is 1.84 bits per heavy atom. The number of thioether (sulfide) groups is 1. The van der Waals surface area contributed by atoms with E-state index in [1.165, 1.54) is 0 Å². The highest BCUT2D eigenvalue weighted by Crippen LogP contribution is 2.30. The van der Waals surface area contributed by atoms with Crippen molar-refractivity contribution in [2.45, 2.75) is 51.2 Å². The van der Waals surface area contributed by atoms with Crippen LogP contribution < -0.4 is 4.74 Å². The fraction of sp³-hybridized carbons (Fsp3) is 0.448. The molecule has 1 fully saturated rings. The van der Waals surface area contributed by atoms with E-state index in [2.05, 4.69) is 28.6 Å². The lowest BCUT2D eigenvalue weighted by Crippen LogP contribution is -2.55. The summed E-state index contributed by atoms with van der Waals surface area (Å²) in [4.78, 5) is 29.2. The van der Waals surface area contributed by atoms with Crippen molar-refractivity contribution >= 4 is 23.6 Å². The summed E-state index contributed by atoms with van der Waals surface area (Å²) in [7, 11) is 1.65. The average molecular weight is 536 g/mol. The van der Waals surface area contributed by atoms with Crippen molar-refractivity contribution in [3.63, 3.8) is 0 Å². The molecular weight excluding hydrogens is 498 g/mol. The Morgan fingerprint density at radius 1 is 1.05 bits per heavy atom. The zero-order chi connectivity index (χ0) is 27.1. The van der Waals surface area contributed by atoms with Crippen LogP contribution in [0.2, 0.25) is 0 Å². The predicted octanol–water partition coefficient (Wildman–Crippen LogP) is 4.92. The number of methoxy groups -OCH3 is 1. The molecule has 0 radical (unpaired) electrons. The molecule has 4 rings (SSSR count). The van der Waals surface area contributed by atoms with Crippen LogP contribution in [-0.2, 0) is 9.59 Å². The van der Waals surface area contributed by atoms with Gasteiger partial charge in [-0.2, -0.15) is 0 Å². The Morgan fingerprint density at radius 3 is 2.55 bits per heavy atom. The van der Waals surface area contributed by atoms with E-state index in [1.54, 1.807) is 18.9 Å². The third-order valence-corrected chi connectivity index (χ3v) is 7.64. The third-order valence-electron chi connectivity index (χ3n) is 6.63. The maximum atomic E-state index is 12.9. The Kier molecular flexibility index (Phi) is 9.44. The zero-order valence-corrected chi connectivity index (χ0v) is 23.5. The lowest BCUT2D eigenvalue weighted by Gasteiger charge is -2.40. The summed E-state index contributed by atoms with van der Waals surface area (Å²) >= 11 is 1.60. The van der Waals surface area contributed by atoms with Crippen LogP contribution >= 0.6 is 11.8 Å². The zero-order valence-electron chi connectivity index (χ0n) is 22.7. The summed E-state index contributed by atoms with van der Waals surface area (Å²) in [5, 5.41) is 9.78. The van der Waals surface area contributed by atoms with Crippen LogP contribution in [-0.4, -0.2) is 74.9 Å². The van der Waals surface area contributed by atoms with Crippen LogP contribution in [0.4, 0.5) is 0 Å². The highest BCUT2D eigenvalue weighted by Gasteiger charge is 2.29. The summed E-state index contributed by atoms with van der Waals surface area (Å²) in [6.07, 6.45) is 1.77. The van der Waals surface area contributed by atoms with Crippen molar-refractivity contribution in [2.24, 2.45) is 5.92 Å². The van der Waals surface area contributed by atoms with Crippen molar-refractivity contribution in [3.05, 3.63) is 54.6 Å². The number of aromatic nitrogens is 3. The van der Waals surface area contributed by atoms with Crippen molar-refractivity contribution in [1.29, 1.82) is 0 Å². The van der Waals surface area contributed by atoms with E-state index >= 15 is 0 Å². The molecule has 2 amide bonds. The highest BCUT2D eigenvalue weighted by atomic mass is 32.2. The number of piperazine rings is 1. The van der Waals surface area contributed by atoms with Crippen LogP contribution in [0.15, 0.2) is 59.8 Å². The molecule has 0 N–H and O–H groups in total. The fourth-order valence-electron chi connectivity index (χ4n) is 4.69. The molecule has 2 heterocycles. The predicted molar refractivity (Wildman–Crippen MR) is 151 cm³/mol. The van der Waals surface area contributed by atoms with Gasteiger partial charge >= 0.3 is 0 Å². The standard InChI is InChI=1S/C29H37N5O3S/c1-21(2)18-27(36)33-16-15-32(20-22(33)3)26(35)14-9-17-38-29-31-30-28(23-10-8-13-25(19-23)37-4)34(29)24-11-6-5-7-12-24/h5-8,10-13,19,21-22H,9,14-18,20H2,1-4H3. The number of benzene rings is 2. The molecule has 1 aliphatic heterocycles. The Bertz CT molecular complexity index is 1230.